The molecule has 2 aromatic carbocycles. The predicted molar refractivity (Wildman–Crippen MR) is 86.1 cm³/mol. The molecule has 0 aliphatic heterocycles. The van der Waals surface area contributed by atoms with Gasteiger partial charge in [0.25, 0.3) is 0 Å². The molecule has 3 N–H and O–H groups in total. The third-order valence-electron chi connectivity index (χ3n) is 3.01. The molecule has 0 saturated heterocycles. The maximum atomic E-state index is 5.70. The summed E-state index contributed by atoms with van der Waals surface area (Å²) in [5.41, 5.74) is 5.43. The molecule has 2 rings (SSSR count). The van der Waals surface area contributed by atoms with Crippen LogP contribution in [-0.2, 0) is 0 Å². The Labute approximate surface area is 126 Å². The van der Waals surface area contributed by atoms with Gasteiger partial charge in [0.1, 0.15) is 0 Å². The highest BCUT2D eigenvalue weighted by Gasteiger charge is 2.12. The molecule has 19 heavy (non-hydrogen) atoms. The molecule has 100 valence electrons. The number of nitrogens with one attached hydrogen (secondary N) is 1. The fourth-order valence-electron chi connectivity index (χ4n) is 1.94. The Morgan fingerprint density at radius 2 is 1.84 bits per heavy atom. The molecule has 0 aliphatic rings. The Morgan fingerprint density at radius 3 is 2.53 bits per heavy atom. The first-order chi connectivity index (χ1) is 9.22. The number of hydrogen-bond acceptors (Lipinski definition) is 3. The summed E-state index contributed by atoms with van der Waals surface area (Å²) in [6, 6.07) is 16.7. The van der Waals surface area contributed by atoms with E-state index in [0.717, 1.165) is 10.2 Å². The van der Waals surface area contributed by atoms with Gasteiger partial charge < -0.3 is 0 Å². The molecule has 0 saturated carbocycles. The number of benzene rings is 2. The van der Waals surface area contributed by atoms with Crippen LogP contribution in [0.5, 0.6) is 0 Å². The monoisotopic (exact) mass is 336 g/mol. The van der Waals surface area contributed by atoms with E-state index in [-0.39, 0.29) is 6.04 Å². The molecule has 0 aliphatic carbocycles. The van der Waals surface area contributed by atoms with Crippen molar-refractivity contribution in [2.75, 3.05) is 5.75 Å². The van der Waals surface area contributed by atoms with E-state index in [1.165, 1.54) is 16.0 Å². The van der Waals surface area contributed by atoms with E-state index in [2.05, 4.69) is 58.6 Å². The van der Waals surface area contributed by atoms with E-state index in [9.17, 15) is 0 Å². The molecule has 1 atom stereocenters. The molecule has 0 bridgehead atoms. The number of hydrogen-bond donors (Lipinski definition) is 2. The third-order valence-corrected chi connectivity index (χ3v) is 5.13. The van der Waals surface area contributed by atoms with Gasteiger partial charge in [-0.25, -0.2) is 0 Å². The van der Waals surface area contributed by atoms with Crippen LogP contribution in [0.25, 0.3) is 0 Å². The summed E-state index contributed by atoms with van der Waals surface area (Å²) in [5.74, 6) is 6.59. The number of rotatable bonds is 5. The Kier molecular flexibility index (Phi) is 5.45. The highest BCUT2D eigenvalue weighted by Crippen LogP contribution is 2.30. The molecule has 0 amide bonds. The Balaban J connectivity index is 2.09. The Bertz CT molecular complexity index is 545. The van der Waals surface area contributed by atoms with E-state index in [4.69, 9.17) is 5.84 Å². The zero-order valence-corrected chi connectivity index (χ0v) is 13.2. The lowest BCUT2D eigenvalue weighted by molar-refractivity contribution is 0.607. The van der Waals surface area contributed by atoms with Crippen molar-refractivity contribution in [3.05, 3.63) is 64.1 Å². The SMILES string of the molecule is Cc1ccccc1C(CSc1ccccc1Br)NN. The van der Waals surface area contributed by atoms with E-state index in [1.54, 1.807) is 11.8 Å². The summed E-state index contributed by atoms with van der Waals surface area (Å²) in [5, 5.41) is 0. The summed E-state index contributed by atoms with van der Waals surface area (Å²) in [6.45, 7) is 2.11. The van der Waals surface area contributed by atoms with Gasteiger partial charge in [-0.05, 0) is 46.1 Å². The minimum Gasteiger partial charge on any atom is -0.271 e. The summed E-state index contributed by atoms with van der Waals surface area (Å²) in [6.07, 6.45) is 0. The largest absolute Gasteiger partial charge is 0.271 e. The van der Waals surface area contributed by atoms with Crippen LogP contribution in [0.2, 0.25) is 0 Å². The van der Waals surface area contributed by atoms with Gasteiger partial charge in [-0.1, -0.05) is 36.4 Å². The van der Waals surface area contributed by atoms with Gasteiger partial charge in [0.2, 0.25) is 0 Å². The molecule has 4 heteroatoms. The average Bonchev–Trinajstić information content (AvgIpc) is 2.43. The maximum Gasteiger partial charge on any atom is 0.0556 e. The highest BCUT2D eigenvalue weighted by atomic mass is 79.9. The van der Waals surface area contributed by atoms with Crippen LogP contribution in [0.15, 0.2) is 57.9 Å². The average molecular weight is 337 g/mol. The normalized spacial score (nSPS) is 12.4. The van der Waals surface area contributed by atoms with Crippen molar-refractivity contribution < 1.29 is 0 Å². The van der Waals surface area contributed by atoms with E-state index >= 15 is 0 Å². The molecule has 0 fully saturated rings. The van der Waals surface area contributed by atoms with Gasteiger partial charge in [-0.2, -0.15) is 0 Å². The first-order valence-electron chi connectivity index (χ1n) is 6.11. The number of halogens is 1. The van der Waals surface area contributed by atoms with Crippen LogP contribution in [-0.4, -0.2) is 5.75 Å². The number of hydrazine groups is 1. The van der Waals surface area contributed by atoms with E-state index < -0.39 is 0 Å². The van der Waals surface area contributed by atoms with Crippen LogP contribution < -0.4 is 11.3 Å². The lowest BCUT2D eigenvalue weighted by atomic mass is 10.0. The van der Waals surface area contributed by atoms with Gasteiger partial charge in [0.05, 0.1) is 6.04 Å². The topological polar surface area (TPSA) is 38.0 Å². The summed E-state index contributed by atoms with van der Waals surface area (Å²) < 4.78 is 1.13. The second kappa shape index (κ2) is 7.10. The predicted octanol–water partition coefficient (Wildman–Crippen LogP) is 4.05. The van der Waals surface area contributed by atoms with Crippen LogP contribution in [0.4, 0.5) is 0 Å². The van der Waals surface area contributed by atoms with E-state index in [0.29, 0.717) is 0 Å². The smallest absolute Gasteiger partial charge is 0.0556 e. The zero-order chi connectivity index (χ0) is 13.7. The molecule has 0 heterocycles. The van der Waals surface area contributed by atoms with Crippen molar-refractivity contribution >= 4 is 27.7 Å². The van der Waals surface area contributed by atoms with Crippen LogP contribution in [0.1, 0.15) is 17.2 Å². The van der Waals surface area contributed by atoms with Crippen molar-refractivity contribution in [1.82, 2.24) is 5.43 Å². The zero-order valence-electron chi connectivity index (χ0n) is 10.8. The highest BCUT2D eigenvalue weighted by molar-refractivity contribution is 9.10. The van der Waals surface area contributed by atoms with Crippen LogP contribution >= 0.6 is 27.7 Å². The fraction of sp³-hybridized carbons (Fsp3) is 0.200. The molecule has 2 aromatic rings. The Morgan fingerprint density at radius 1 is 1.16 bits per heavy atom. The van der Waals surface area contributed by atoms with Gasteiger partial charge in [-0.15, -0.1) is 11.8 Å². The fourth-order valence-corrected chi connectivity index (χ4v) is 3.57. The minimum atomic E-state index is 0.151. The number of aryl methyl sites for hydroxylation is 1. The summed E-state index contributed by atoms with van der Waals surface area (Å²) >= 11 is 5.36. The quantitative estimate of drug-likeness (QED) is 0.491. The Hall–Kier alpha value is -0.810. The molecular formula is C15H17BrN2S. The minimum absolute atomic E-state index is 0.151. The second-order valence-corrected chi connectivity index (χ2v) is 6.23. The lowest BCUT2D eigenvalue weighted by Gasteiger charge is -2.18. The van der Waals surface area contributed by atoms with Gasteiger partial charge in [0, 0.05) is 15.1 Å². The van der Waals surface area contributed by atoms with Crippen molar-refractivity contribution in [2.24, 2.45) is 5.84 Å². The molecule has 0 spiro atoms. The second-order valence-electron chi connectivity index (χ2n) is 4.32. The van der Waals surface area contributed by atoms with Crippen molar-refractivity contribution in [3.63, 3.8) is 0 Å². The first kappa shape index (κ1) is 14.6. The number of thioether (sulfide) groups is 1. The van der Waals surface area contributed by atoms with Crippen molar-refractivity contribution in [2.45, 2.75) is 17.9 Å². The van der Waals surface area contributed by atoms with Gasteiger partial charge in [0.15, 0.2) is 0 Å². The third kappa shape index (κ3) is 3.83. The molecule has 1 unspecified atom stereocenters. The molecule has 2 nitrogen and oxygen atoms in total. The maximum absolute atomic E-state index is 5.70. The summed E-state index contributed by atoms with van der Waals surface area (Å²) in [4.78, 5) is 1.23. The summed E-state index contributed by atoms with van der Waals surface area (Å²) in [7, 11) is 0. The van der Waals surface area contributed by atoms with Crippen molar-refractivity contribution in [1.29, 1.82) is 0 Å². The molecule has 0 radical (unpaired) electrons. The van der Waals surface area contributed by atoms with Crippen molar-refractivity contribution in [3.8, 4) is 0 Å². The molecule has 0 aromatic heterocycles. The standard InChI is InChI=1S/C15H17BrN2S/c1-11-6-2-3-7-12(11)14(18-17)10-19-15-9-5-4-8-13(15)16/h2-9,14,18H,10,17H2,1H3. The van der Waals surface area contributed by atoms with Crippen LogP contribution in [0.3, 0.4) is 0 Å². The first-order valence-corrected chi connectivity index (χ1v) is 7.89. The number of nitrogens with two attached hydrogens (primary N) is 1. The van der Waals surface area contributed by atoms with Gasteiger partial charge >= 0.3 is 0 Å². The van der Waals surface area contributed by atoms with Crippen LogP contribution in [0, 0.1) is 6.92 Å². The lowest BCUT2D eigenvalue weighted by Crippen LogP contribution is -2.30. The van der Waals surface area contributed by atoms with Gasteiger partial charge in [-0.3, -0.25) is 11.3 Å². The van der Waals surface area contributed by atoms with E-state index in [1.807, 2.05) is 18.2 Å². The molecular weight excluding hydrogens is 320 g/mol.